The first-order chi connectivity index (χ1) is 26.0. The van der Waals surface area contributed by atoms with Gasteiger partial charge in [-0.2, -0.15) is 4.98 Å². The molecule has 2 saturated heterocycles. The zero-order valence-electron chi connectivity index (χ0n) is 29.9. The number of fused-ring (bicyclic) bond motifs is 1. The summed E-state index contributed by atoms with van der Waals surface area (Å²) < 4.78 is 33.2. The molecule has 5 aromatic carbocycles. The molecule has 1 aromatic heterocycles. The summed E-state index contributed by atoms with van der Waals surface area (Å²) in [5, 5.41) is 7.46. The van der Waals surface area contributed by atoms with Crippen molar-refractivity contribution in [3.8, 4) is 5.75 Å². The van der Waals surface area contributed by atoms with Crippen molar-refractivity contribution in [2.75, 3.05) is 48.8 Å². The number of methoxy groups -OCH3 is 1. The third kappa shape index (κ3) is 7.42. The number of para-hydroxylation sites is 2. The summed E-state index contributed by atoms with van der Waals surface area (Å²) in [6, 6.07) is 40.8. The Morgan fingerprint density at radius 1 is 0.679 bits per heavy atom. The average molecular weight is 725 g/mol. The molecular weight excluding hydrogens is 681 g/mol. The van der Waals surface area contributed by atoms with Gasteiger partial charge in [0.15, 0.2) is 0 Å². The minimum atomic E-state index is -3.79. The van der Waals surface area contributed by atoms with E-state index in [9.17, 15) is 8.42 Å². The Labute approximate surface area is 311 Å². The molecule has 2 aliphatic heterocycles. The van der Waals surface area contributed by atoms with E-state index in [2.05, 4.69) is 62.9 Å². The minimum absolute atomic E-state index is 0.164. The first-order valence-electron chi connectivity index (χ1n) is 18.4. The molecule has 8 rings (SSSR count). The summed E-state index contributed by atoms with van der Waals surface area (Å²) in [4.78, 5) is 15.2. The maximum atomic E-state index is 13.7. The molecule has 0 atom stereocenters. The summed E-state index contributed by atoms with van der Waals surface area (Å²) in [5.41, 5.74) is 4.48. The molecule has 2 fully saturated rings. The van der Waals surface area contributed by atoms with E-state index in [1.54, 1.807) is 61.7 Å². The number of benzene rings is 5. The molecule has 0 saturated carbocycles. The van der Waals surface area contributed by atoms with E-state index in [4.69, 9.17) is 14.7 Å². The van der Waals surface area contributed by atoms with Gasteiger partial charge >= 0.3 is 0 Å². The van der Waals surface area contributed by atoms with Crippen molar-refractivity contribution in [2.45, 2.75) is 47.4 Å². The second-order valence-corrected chi connectivity index (χ2v) is 15.7. The van der Waals surface area contributed by atoms with Gasteiger partial charge < -0.3 is 25.2 Å². The van der Waals surface area contributed by atoms with E-state index >= 15 is 0 Å². The summed E-state index contributed by atoms with van der Waals surface area (Å²) >= 11 is 0. The van der Waals surface area contributed by atoms with Crippen molar-refractivity contribution in [1.82, 2.24) is 14.9 Å². The van der Waals surface area contributed by atoms with Crippen LogP contribution in [0.5, 0.6) is 5.75 Å². The number of piperidine rings is 2. The minimum Gasteiger partial charge on any atom is -0.494 e. The van der Waals surface area contributed by atoms with Gasteiger partial charge in [0.2, 0.25) is 15.8 Å². The fourth-order valence-electron chi connectivity index (χ4n) is 7.80. The van der Waals surface area contributed by atoms with Gasteiger partial charge in [-0.05, 0) is 98.8 Å². The molecule has 6 aromatic rings. The van der Waals surface area contributed by atoms with Crippen LogP contribution >= 0.6 is 0 Å². The molecule has 270 valence electrons. The highest BCUT2D eigenvalue weighted by atomic mass is 32.2. The highest BCUT2D eigenvalue weighted by molar-refractivity contribution is 7.91. The second-order valence-electron chi connectivity index (χ2n) is 13.8. The van der Waals surface area contributed by atoms with Gasteiger partial charge in [0.25, 0.3) is 0 Å². The van der Waals surface area contributed by atoms with Crippen molar-refractivity contribution in [3.63, 3.8) is 0 Å². The van der Waals surface area contributed by atoms with Crippen molar-refractivity contribution < 1.29 is 13.2 Å². The maximum absolute atomic E-state index is 13.7. The highest BCUT2D eigenvalue weighted by Crippen LogP contribution is 2.36. The number of aromatic nitrogens is 2. The Morgan fingerprint density at radius 2 is 1.36 bits per heavy atom. The van der Waals surface area contributed by atoms with Crippen LogP contribution in [-0.4, -0.2) is 62.6 Å². The van der Waals surface area contributed by atoms with E-state index in [0.717, 1.165) is 42.7 Å². The van der Waals surface area contributed by atoms with Gasteiger partial charge in [0.05, 0.1) is 33.8 Å². The standard InChI is InChI=1S/C43H44N6O3S/c1-52-40-30-34(49-28-24-33(25-29-49)48-26-22-32(23-27-48)31-12-4-2-5-13-31)20-21-38(40)46-43-45-37-17-9-8-16-36(37)42(47-43)44-39-18-10-11-19-41(39)53(50,51)35-14-6-3-7-15-35/h2-21,30,32-33H,22-29H2,1H3,(H2,44,45,46,47). The number of nitrogens with one attached hydrogen (secondary N) is 2. The van der Waals surface area contributed by atoms with Gasteiger partial charge in [0, 0.05) is 36.3 Å². The van der Waals surface area contributed by atoms with Crippen LogP contribution in [0.1, 0.15) is 37.2 Å². The molecule has 0 unspecified atom stereocenters. The summed E-state index contributed by atoms with van der Waals surface area (Å²) in [6.07, 6.45) is 4.76. The third-order valence-corrected chi connectivity index (χ3v) is 12.5. The lowest BCUT2D eigenvalue weighted by Gasteiger charge is -2.42. The van der Waals surface area contributed by atoms with Crippen LogP contribution in [0.2, 0.25) is 0 Å². The molecule has 0 spiro atoms. The normalized spacial score (nSPS) is 16.1. The van der Waals surface area contributed by atoms with Gasteiger partial charge in [-0.1, -0.05) is 72.8 Å². The number of rotatable bonds is 10. The Balaban J connectivity index is 0.974. The molecule has 2 aliphatic rings. The van der Waals surface area contributed by atoms with Crippen molar-refractivity contribution >= 4 is 49.6 Å². The van der Waals surface area contributed by atoms with Crippen molar-refractivity contribution in [2.24, 2.45) is 0 Å². The lowest BCUT2D eigenvalue weighted by atomic mass is 9.88. The monoisotopic (exact) mass is 724 g/mol. The fraction of sp³-hybridized carbons (Fsp3) is 0.256. The first-order valence-corrected chi connectivity index (χ1v) is 19.9. The lowest BCUT2D eigenvalue weighted by molar-refractivity contribution is 0.132. The number of hydrogen-bond donors (Lipinski definition) is 2. The summed E-state index contributed by atoms with van der Waals surface area (Å²) in [6.45, 7) is 4.35. The van der Waals surface area contributed by atoms with Crippen molar-refractivity contribution in [1.29, 1.82) is 0 Å². The largest absolute Gasteiger partial charge is 0.494 e. The molecular formula is C43H44N6O3S. The van der Waals surface area contributed by atoms with Crippen LogP contribution in [0, 0.1) is 0 Å². The van der Waals surface area contributed by atoms with Gasteiger partial charge in [0.1, 0.15) is 11.6 Å². The van der Waals surface area contributed by atoms with Crippen LogP contribution in [0.4, 0.5) is 28.8 Å². The molecule has 0 amide bonds. The molecule has 0 aliphatic carbocycles. The molecule has 2 N–H and O–H groups in total. The van der Waals surface area contributed by atoms with Crippen LogP contribution in [0.25, 0.3) is 10.9 Å². The Kier molecular flexibility index (Phi) is 9.97. The van der Waals surface area contributed by atoms with E-state index in [1.165, 1.54) is 31.5 Å². The Bertz CT molecular complexity index is 2290. The topological polar surface area (TPSA) is 99.7 Å². The van der Waals surface area contributed by atoms with E-state index in [-0.39, 0.29) is 9.79 Å². The van der Waals surface area contributed by atoms with Crippen LogP contribution in [0.15, 0.2) is 137 Å². The predicted octanol–water partition coefficient (Wildman–Crippen LogP) is 8.81. The Hall–Kier alpha value is -5.45. The second kappa shape index (κ2) is 15.3. The van der Waals surface area contributed by atoms with Gasteiger partial charge in [-0.3, -0.25) is 0 Å². The molecule has 0 radical (unpaired) electrons. The molecule has 3 heterocycles. The summed E-state index contributed by atoms with van der Waals surface area (Å²) in [7, 11) is -2.11. The quantitative estimate of drug-likeness (QED) is 0.144. The highest BCUT2D eigenvalue weighted by Gasteiger charge is 2.29. The molecule has 53 heavy (non-hydrogen) atoms. The lowest BCUT2D eigenvalue weighted by Crippen LogP contribution is -2.47. The predicted molar refractivity (Wildman–Crippen MR) is 213 cm³/mol. The summed E-state index contributed by atoms with van der Waals surface area (Å²) in [5.74, 6) is 2.21. The molecule has 9 nitrogen and oxygen atoms in total. The number of sulfone groups is 1. The molecule has 10 heteroatoms. The van der Waals surface area contributed by atoms with Crippen molar-refractivity contribution in [3.05, 3.63) is 133 Å². The smallest absolute Gasteiger partial charge is 0.229 e. The zero-order chi connectivity index (χ0) is 36.2. The van der Waals surface area contributed by atoms with Crippen LogP contribution in [-0.2, 0) is 9.84 Å². The van der Waals surface area contributed by atoms with E-state index in [0.29, 0.717) is 40.7 Å². The molecule has 0 bridgehead atoms. The van der Waals surface area contributed by atoms with Gasteiger partial charge in [-0.15, -0.1) is 0 Å². The van der Waals surface area contributed by atoms with E-state index < -0.39 is 9.84 Å². The number of ether oxygens (including phenoxy) is 1. The number of nitrogens with zero attached hydrogens (tertiary/aromatic N) is 4. The third-order valence-electron chi connectivity index (χ3n) is 10.7. The van der Waals surface area contributed by atoms with Crippen LogP contribution in [0.3, 0.4) is 0 Å². The first kappa shape index (κ1) is 34.6. The maximum Gasteiger partial charge on any atom is 0.229 e. The number of likely N-dealkylation sites (tertiary alicyclic amines) is 1. The van der Waals surface area contributed by atoms with Gasteiger partial charge in [-0.25, -0.2) is 13.4 Å². The van der Waals surface area contributed by atoms with Crippen LogP contribution < -0.4 is 20.3 Å². The fourth-order valence-corrected chi connectivity index (χ4v) is 9.23. The number of anilines is 5. The Morgan fingerprint density at radius 3 is 2.11 bits per heavy atom. The van der Waals surface area contributed by atoms with E-state index in [1.807, 2.05) is 30.3 Å². The SMILES string of the molecule is COc1cc(N2CCC(N3CCC(c4ccccc4)CC3)CC2)ccc1Nc1nc(Nc2ccccc2S(=O)(=O)c2ccccc2)c2ccccc2n1. The zero-order valence-corrected chi connectivity index (χ0v) is 30.7. The number of hydrogen-bond acceptors (Lipinski definition) is 9. The average Bonchev–Trinajstić information content (AvgIpc) is 3.22.